The predicted octanol–water partition coefficient (Wildman–Crippen LogP) is 10.9. The highest BCUT2D eigenvalue weighted by atomic mass is 32.1. The van der Waals surface area contributed by atoms with Crippen LogP contribution in [-0.2, 0) is 12.8 Å². The van der Waals surface area contributed by atoms with Gasteiger partial charge in [-0.1, -0.05) is 85.8 Å². The summed E-state index contributed by atoms with van der Waals surface area (Å²) >= 11 is 3.83. The summed E-state index contributed by atoms with van der Waals surface area (Å²) in [5.74, 6) is 0. The lowest BCUT2D eigenvalue weighted by atomic mass is 9.98. The summed E-state index contributed by atoms with van der Waals surface area (Å²) < 4.78 is 2.80. The van der Waals surface area contributed by atoms with Gasteiger partial charge in [-0.05, 0) is 96.0 Å². The molecule has 0 radical (unpaired) electrons. The van der Waals surface area contributed by atoms with Gasteiger partial charge in [-0.3, -0.25) is 0 Å². The van der Waals surface area contributed by atoms with Crippen LogP contribution < -0.4 is 0 Å². The van der Waals surface area contributed by atoms with E-state index in [1.54, 1.807) is 0 Å². The van der Waals surface area contributed by atoms with Gasteiger partial charge in [0, 0.05) is 19.2 Å². The number of hydrogen-bond acceptors (Lipinski definition) is 2. The summed E-state index contributed by atoms with van der Waals surface area (Å²) in [6, 6.07) is 24.7. The maximum absolute atomic E-state index is 2.34. The molecule has 0 unspecified atom stereocenters. The Morgan fingerprint density at radius 2 is 1.75 bits per heavy atom. The number of fused-ring (bicyclic) bond motifs is 2. The van der Waals surface area contributed by atoms with Crippen molar-refractivity contribution in [3.63, 3.8) is 0 Å². The summed E-state index contributed by atoms with van der Waals surface area (Å²) in [5.41, 5.74) is 7.96. The molecular weight excluding hydrogens is 473 g/mol. The minimum atomic E-state index is 0.941. The monoisotopic (exact) mass is 504 g/mol. The summed E-state index contributed by atoms with van der Waals surface area (Å²) in [5, 5.41) is 2.73. The van der Waals surface area contributed by atoms with Gasteiger partial charge in [-0.15, -0.1) is 22.7 Å². The summed E-state index contributed by atoms with van der Waals surface area (Å²) in [4.78, 5) is 2.81. The molecule has 3 aromatic carbocycles. The number of allylic oxidation sites excluding steroid dienone is 5. The zero-order valence-corrected chi connectivity index (χ0v) is 23.1. The van der Waals surface area contributed by atoms with Gasteiger partial charge in [-0.2, -0.15) is 0 Å². The fourth-order valence-electron chi connectivity index (χ4n) is 4.74. The van der Waals surface area contributed by atoms with E-state index in [9.17, 15) is 0 Å². The molecule has 0 fully saturated rings. The maximum Gasteiger partial charge on any atom is 0.0424 e. The topological polar surface area (TPSA) is 0 Å². The van der Waals surface area contributed by atoms with Crippen LogP contribution >= 0.6 is 22.7 Å². The van der Waals surface area contributed by atoms with Crippen molar-refractivity contribution in [2.45, 2.75) is 40.5 Å². The van der Waals surface area contributed by atoms with E-state index in [-0.39, 0.29) is 0 Å². The van der Waals surface area contributed by atoms with E-state index in [2.05, 4.69) is 125 Å². The summed E-state index contributed by atoms with van der Waals surface area (Å²) in [6.45, 7) is 8.75. The molecule has 2 aromatic heterocycles. The third-order valence-corrected chi connectivity index (χ3v) is 9.47. The first kappa shape index (κ1) is 24.5. The molecule has 0 saturated heterocycles. The van der Waals surface area contributed by atoms with E-state index in [0.29, 0.717) is 0 Å². The van der Waals surface area contributed by atoms with Crippen LogP contribution in [0.3, 0.4) is 0 Å². The summed E-state index contributed by atoms with van der Waals surface area (Å²) in [7, 11) is 0. The molecule has 2 heterocycles. The van der Waals surface area contributed by atoms with Crippen LogP contribution in [0.1, 0.15) is 47.2 Å². The second-order valence-electron chi connectivity index (χ2n) is 9.24. The molecular formula is C34H32S2. The molecule has 0 amide bonds. The van der Waals surface area contributed by atoms with Crippen LogP contribution in [0.5, 0.6) is 0 Å². The standard InChI is InChI=1S/C34H32S2/c1-5-12-32-24(4)30-19-10-15-25(33(30)36-32)14-8-7-13-23(3)26-16-9-17-27(21-26)31-20-11-18-28-22-29(6-2)35-34(28)31/h5,7-13,15-22H,6,14H2,1-4H3/b8-7-,12-5-,23-13+. The van der Waals surface area contributed by atoms with Crippen LogP contribution in [0.25, 0.3) is 42.9 Å². The zero-order chi connectivity index (χ0) is 25.1. The SMILES string of the molecule is C/C=C\c1sc2c(C/C=C\C=C(/C)c3cccc(-c4cccc5cc(CC)sc45)c3)cccc2c1C. The first-order chi connectivity index (χ1) is 17.6. The van der Waals surface area contributed by atoms with Crippen molar-refractivity contribution in [3.8, 4) is 11.1 Å². The molecule has 5 aromatic rings. The quantitative estimate of drug-likeness (QED) is 0.193. The van der Waals surface area contributed by atoms with E-state index < -0.39 is 0 Å². The average molecular weight is 505 g/mol. The fraction of sp³-hybridized carbons (Fsp3) is 0.176. The van der Waals surface area contributed by atoms with E-state index in [0.717, 1.165) is 12.8 Å². The van der Waals surface area contributed by atoms with Crippen LogP contribution in [0.4, 0.5) is 0 Å². The Hall–Kier alpha value is -3.20. The Morgan fingerprint density at radius 3 is 2.58 bits per heavy atom. The third-order valence-electron chi connectivity index (χ3n) is 6.79. The summed E-state index contributed by atoms with van der Waals surface area (Å²) in [6.07, 6.45) is 13.1. The highest BCUT2D eigenvalue weighted by Gasteiger charge is 2.10. The minimum absolute atomic E-state index is 0.941. The molecule has 0 spiro atoms. The molecule has 0 aliphatic rings. The van der Waals surface area contributed by atoms with E-state index in [1.807, 2.05) is 22.7 Å². The average Bonchev–Trinajstić information content (AvgIpc) is 3.48. The van der Waals surface area contributed by atoms with Crippen molar-refractivity contribution >= 4 is 54.5 Å². The third kappa shape index (κ3) is 4.89. The van der Waals surface area contributed by atoms with Gasteiger partial charge in [0.05, 0.1) is 0 Å². The van der Waals surface area contributed by atoms with Gasteiger partial charge in [-0.25, -0.2) is 0 Å². The Bertz CT molecular complexity index is 1620. The normalized spacial score (nSPS) is 12.6. The van der Waals surface area contributed by atoms with Crippen molar-refractivity contribution in [1.82, 2.24) is 0 Å². The highest BCUT2D eigenvalue weighted by Crippen LogP contribution is 2.36. The minimum Gasteiger partial charge on any atom is -0.140 e. The number of aryl methyl sites for hydroxylation is 2. The van der Waals surface area contributed by atoms with E-state index in [1.165, 1.54) is 63.3 Å². The Balaban J connectivity index is 1.37. The number of benzene rings is 3. The predicted molar refractivity (Wildman–Crippen MR) is 164 cm³/mol. The molecule has 5 rings (SSSR count). The molecule has 0 atom stereocenters. The second kappa shape index (κ2) is 10.8. The number of thiophene rings is 2. The molecule has 36 heavy (non-hydrogen) atoms. The first-order valence-corrected chi connectivity index (χ1v) is 14.3. The Labute approximate surface area is 223 Å². The molecule has 0 nitrogen and oxygen atoms in total. The Morgan fingerprint density at radius 1 is 0.917 bits per heavy atom. The largest absolute Gasteiger partial charge is 0.140 e. The lowest BCUT2D eigenvalue weighted by Crippen LogP contribution is -1.84. The first-order valence-electron chi connectivity index (χ1n) is 12.7. The fourth-order valence-corrected chi connectivity index (χ4v) is 7.18. The molecule has 0 aliphatic heterocycles. The molecule has 0 saturated carbocycles. The smallest absolute Gasteiger partial charge is 0.0424 e. The van der Waals surface area contributed by atoms with E-state index in [4.69, 9.17) is 0 Å². The van der Waals surface area contributed by atoms with Crippen LogP contribution in [0.2, 0.25) is 0 Å². The molecule has 180 valence electrons. The Kier molecular flexibility index (Phi) is 7.36. The van der Waals surface area contributed by atoms with E-state index >= 15 is 0 Å². The van der Waals surface area contributed by atoms with Crippen molar-refractivity contribution in [3.05, 3.63) is 117 Å². The van der Waals surface area contributed by atoms with Crippen molar-refractivity contribution < 1.29 is 0 Å². The van der Waals surface area contributed by atoms with Crippen molar-refractivity contribution in [2.24, 2.45) is 0 Å². The zero-order valence-electron chi connectivity index (χ0n) is 21.5. The molecule has 0 bridgehead atoms. The molecule has 2 heteroatoms. The van der Waals surface area contributed by atoms with Crippen LogP contribution in [-0.4, -0.2) is 0 Å². The van der Waals surface area contributed by atoms with Crippen LogP contribution in [0.15, 0.2) is 91.0 Å². The molecule has 0 aliphatic carbocycles. The highest BCUT2D eigenvalue weighted by molar-refractivity contribution is 7.20. The van der Waals surface area contributed by atoms with Crippen molar-refractivity contribution in [2.75, 3.05) is 0 Å². The number of rotatable bonds is 7. The van der Waals surface area contributed by atoms with Gasteiger partial charge >= 0.3 is 0 Å². The number of hydrogen-bond donors (Lipinski definition) is 0. The maximum atomic E-state index is 2.34. The lowest BCUT2D eigenvalue weighted by molar-refractivity contribution is 1.19. The van der Waals surface area contributed by atoms with Gasteiger partial charge in [0.1, 0.15) is 0 Å². The second-order valence-corrected chi connectivity index (χ2v) is 11.4. The van der Waals surface area contributed by atoms with Gasteiger partial charge < -0.3 is 0 Å². The van der Waals surface area contributed by atoms with Crippen LogP contribution in [0, 0.1) is 6.92 Å². The molecule has 0 N–H and O–H groups in total. The lowest BCUT2D eigenvalue weighted by Gasteiger charge is -2.07. The van der Waals surface area contributed by atoms with Gasteiger partial charge in [0.25, 0.3) is 0 Å². The van der Waals surface area contributed by atoms with Crippen molar-refractivity contribution in [1.29, 1.82) is 0 Å². The van der Waals surface area contributed by atoms with Gasteiger partial charge in [0.15, 0.2) is 0 Å². The van der Waals surface area contributed by atoms with Gasteiger partial charge in [0.2, 0.25) is 0 Å².